The number of aromatic nitrogens is 2. The smallest absolute Gasteiger partial charge is 0.311 e. The highest BCUT2D eigenvalue weighted by atomic mass is 16.6. The number of nitro groups is 1. The van der Waals surface area contributed by atoms with E-state index in [2.05, 4.69) is 9.97 Å². The Morgan fingerprint density at radius 3 is 2.68 bits per heavy atom. The minimum Gasteiger partial charge on any atom is -0.502 e. The average molecular weight is 301 g/mol. The first-order valence-electron chi connectivity index (χ1n) is 6.63. The second kappa shape index (κ2) is 6.21. The Morgan fingerprint density at radius 2 is 2.05 bits per heavy atom. The molecule has 22 heavy (non-hydrogen) atoms. The number of aromatic amines is 1. The topological polar surface area (TPSA) is 109 Å². The van der Waals surface area contributed by atoms with E-state index in [4.69, 9.17) is 0 Å². The van der Waals surface area contributed by atoms with Crippen molar-refractivity contribution in [2.45, 2.75) is 19.8 Å². The second-order valence-electron chi connectivity index (χ2n) is 5.05. The Hall–Kier alpha value is -2.96. The summed E-state index contributed by atoms with van der Waals surface area (Å²) in [6.45, 7) is 3.82. The monoisotopic (exact) mass is 301 g/mol. The predicted molar refractivity (Wildman–Crippen MR) is 82.6 cm³/mol. The van der Waals surface area contributed by atoms with Crippen LogP contribution in [0.5, 0.6) is 5.75 Å². The number of rotatable bonds is 4. The number of nitrogens with one attached hydrogen (secondary N) is 1. The van der Waals surface area contributed by atoms with Gasteiger partial charge in [-0.3, -0.25) is 14.9 Å². The first-order chi connectivity index (χ1) is 10.4. The van der Waals surface area contributed by atoms with E-state index in [1.54, 1.807) is 12.2 Å². The summed E-state index contributed by atoms with van der Waals surface area (Å²) in [6, 6.07) is 5.39. The number of hydrogen-bond acceptors (Lipinski definition) is 5. The van der Waals surface area contributed by atoms with Crippen LogP contribution >= 0.6 is 0 Å². The number of phenolic OH excluding ortho intramolecular Hbond substituents is 1. The van der Waals surface area contributed by atoms with Gasteiger partial charge in [-0.25, -0.2) is 4.98 Å². The summed E-state index contributed by atoms with van der Waals surface area (Å²) in [5.41, 5.74) is 0.361. The van der Waals surface area contributed by atoms with E-state index >= 15 is 0 Å². The number of phenols is 1. The van der Waals surface area contributed by atoms with Gasteiger partial charge in [0.1, 0.15) is 5.82 Å². The fourth-order valence-electron chi connectivity index (χ4n) is 1.83. The molecule has 114 valence electrons. The van der Waals surface area contributed by atoms with Crippen molar-refractivity contribution in [3.05, 3.63) is 61.8 Å². The van der Waals surface area contributed by atoms with Crippen molar-refractivity contribution in [1.82, 2.24) is 9.97 Å². The molecule has 1 aromatic carbocycles. The Bertz CT molecular complexity index is 794. The number of aromatic hydroxyl groups is 1. The molecule has 0 amide bonds. The lowest BCUT2D eigenvalue weighted by molar-refractivity contribution is -0.385. The lowest BCUT2D eigenvalue weighted by atomic mass is 10.1. The van der Waals surface area contributed by atoms with Gasteiger partial charge in [-0.1, -0.05) is 26.0 Å². The first-order valence-corrected chi connectivity index (χ1v) is 6.63. The van der Waals surface area contributed by atoms with Gasteiger partial charge in [0.2, 0.25) is 0 Å². The van der Waals surface area contributed by atoms with Crippen LogP contribution in [-0.4, -0.2) is 20.0 Å². The van der Waals surface area contributed by atoms with Crippen LogP contribution in [0.1, 0.15) is 36.8 Å². The van der Waals surface area contributed by atoms with Gasteiger partial charge < -0.3 is 10.1 Å². The molecular formula is C15H15N3O4. The Morgan fingerprint density at radius 1 is 1.32 bits per heavy atom. The molecule has 2 rings (SSSR count). The minimum absolute atomic E-state index is 0.0795. The molecule has 2 aromatic rings. The maximum Gasteiger partial charge on any atom is 0.311 e. The van der Waals surface area contributed by atoms with Gasteiger partial charge >= 0.3 is 5.69 Å². The SMILES string of the molecule is CC(C)c1nc(/C=C/c2ccc(O)c([N+](=O)[O-])c2)cc(=O)[nH]1. The summed E-state index contributed by atoms with van der Waals surface area (Å²) in [5, 5.41) is 20.2. The minimum atomic E-state index is -0.658. The van der Waals surface area contributed by atoms with E-state index in [1.807, 2.05) is 13.8 Å². The standard InChI is InChI=1S/C15H15N3O4/c1-9(2)15-16-11(8-14(20)17-15)5-3-10-4-6-13(19)12(7-10)18(21)22/h3-9,19H,1-2H3,(H,16,17,20)/b5-3+. The Labute approximate surface area is 126 Å². The fraction of sp³-hybridized carbons (Fsp3) is 0.200. The van der Waals surface area contributed by atoms with E-state index in [-0.39, 0.29) is 17.2 Å². The van der Waals surface area contributed by atoms with E-state index < -0.39 is 10.7 Å². The van der Waals surface area contributed by atoms with Crippen LogP contribution in [0.4, 0.5) is 5.69 Å². The molecule has 0 aliphatic rings. The summed E-state index contributed by atoms with van der Waals surface area (Å²) in [7, 11) is 0. The zero-order valence-electron chi connectivity index (χ0n) is 12.1. The van der Waals surface area contributed by atoms with E-state index in [1.165, 1.54) is 24.3 Å². The average Bonchev–Trinajstić information content (AvgIpc) is 2.45. The zero-order chi connectivity index (χ0) is 16.3. The van der Waals surface area contributed by atoms with Crippen molar-refractivity contribution in [1.29, 1.82) is 0 Å². The zero-order valence-corrected chi connectivity index (χ0v) is 12.1. The third kappa shape index (κ3) is 3.57. The van der Waals surface area contributed by atoms with Crippen molar-refractivity contribution in [3.63, 3.8) is 0 Å². The summed E-state index contributed by atoms with van der Waals surface area (Å²) in [6.07, 6.45) is 3.19. The fourth-order valence-corrected chi connectivity index (χ4v) is 1.83. The molecule has 7 nitrogen and oxygen atoms in total. The molecule has 0 aliphatic heterocycles. The molecule has 1 heterocycles. The van der Waals surface area contributed by atoms with Gasteiger partial charge in [-0.2, -0.15) is 0 Å². The number of hydrogen-bond donors (Lipinski definition) is 2. The molecule has 0 saturated carbocycles. The van der Waals surface area contributed by atoms with Crippen LogP contribution in [0.3, 0.4) is 0 Å². The molecule has 2 N–H and O–H groups in total. The van der Waals surface area contributed by atoms with Crippen LogP contribution in [-0.2, 0) is 0 Å². The summed E-state index contributed by atoms with van der Waals surface area (Å²) < 4.78 is 0. The molecule has 0 fully saturated rings. The van der Waals surface area contributed by atoms with Crippen LogP contribution in [0.2, 0.25) is 0 Å². The maximum absolute atomic E-state index is 11.6. The van der Waals surface area contributed by atoms with Gasteiger partial charge in [0.25, 0.3) is 5.56 Å². The third-order valence-electron chi connectivity index (χ3n) is 2.97. The van der Waals surface area contributed by atoms with Gasteiger partial charge in [0.15, 0.2) is 5.75 Å². The molecule has 7 heteroatoms. The second-order valence-corrected chi connectivity index (χ2v) is 5.05. The van der Waals surface area contributed by atoms with E-state index in [0.717, 1.165) is 0 Å². The molecule has 0 bridgehead atoms. The van der Waals surface area contributed by atoms with Gasteiger partial charge in [0, 0.05) is 18.1 Å². The third-order valence-corrected chi connectivity index (χ3v) is 2.97. The van der Waals surface area contributed by atoms with Crippen molar-refractivity contribution in [3.8, 4) is 5.75 Å². The highest BCUT2D eigenvalue weighted by molar-refractivity contribution is 5.70. The van der Waals surface area contributed by atoms with E-state index in [9.17, 15) is 20.0 Å². The van der Waals surface area contributed by atoms with Crippen molar-refractivity contribution in [2.75, 3.05) is 0 Å². The molecule has 0 atom stereocenters. The van der Waals surface area contributed by atoms with Crippen molar-refractivity contribution in [2.24, 2.45) is 0 Å². The lowest BCUT2D eigenvalue weighted by Gasteiger charge is -2.04. The highest BCUT2D eigenvalue weighted by Crippen LogP contribution is 2.26. The molecule has 0 spiro atoms. The maximum atomic E-state index is 11.6. The molecule has 0 saturated heterocycles. The number of nitro benzene ring substituents is 1. The number of H-pyrrole nitrogens is 1. The summed E-state index contributed by atoms with van der Waals surface area (Å²) >= 11 is 0. The highest BCUT2D eigenvalue weighted by Gasteiger charge is 2.12. The number of benzene rings is 1. The summed E-state index contributed by atoms with van der Waals surface area (Å²) in [4.78, 5) is 28.6. The predicted octanol–water partition coefficient (Wildman–Crippen LogP) is 2.68. The molecule has 1 aromatic heterocycles. The molecule has 0 unspecified atom stereocenters. The largest absolute Gasteiger partial charge is 0.502 e. The van der Waals surface area contributed by atoms with E-state index in [0.29, 0.717) is 17.1 Å². The Balaban J connectivity index is 2.35. The Kier molecular flexibility index (Phi) is 4.36. The number of nitrogens with zero attached hydrogens (tertiary/aromatic N) is 2. The van der Waals surface area contributed by atoms with Crippen LogP contribution in [0.25, 0.3) is 12.2 Å². The van der Waals surface area contributed by atoms with Crippen LogP contribution in [0, 0.1) is 10.1 Å². The quantitative estimate of drug-likeness (QED) is 0.666. The normalized spacial score (nSPS) is 11.2. The summed E-state index contributed by atoms with van der Waals surface area (Å²) in [5.74, 6) is 0.262. The molecule has 0 aliphatic carbocycles. The molecule has 0 radical (unpaired) electrons. The van der Waals surface area contributed by atoms with Gasteiger partial charge in [-0.15, -0.1) is 0 Å². The van der Waals surface area contributed by atoms with Gasteiger partial charge in [-0.05, 0) is 17.7 Å². The van der Waals surface area contributed by atoms with Crippen molar-refractivity contribution >= 4 is 17.8 Å². The van der Waals surface area contributed by atoms with Crippen LogP contribution < -0.4 is 5.56 Å². The molecular weight excluding hydrogens is 286 g/mol. The van der Waals surface area contributed by atoms with Crippen molar-refractivity contribution < 1.29 is 10.0 Å². The lowest BCUT2D eigenvalue weighted by Crippen LogP contribution is -2.12. The first kappa shape index (κ1) is 15.4. The van der Waals surface area contributed by atoms with Gasteiger partial charge in [0.05, 0.1) is 10.6 Å². The van der Waals surface area contributed by atoms with Crippen LogP contribution in [0.15, 0.2) is 29.1 Å².